The number of nitrogens with zero attached hydrogens (tertiary/aromatic N) is 2. The van der Waals surface area contributed by atoms with Crippen molar-refractivity contribution in [2.24, 2.45) is 11.1 Å². The minimum absolute atomic E-state index is 0.0259. The second-order valence-electron chi connectivity index (χ2n) is 8.62. The van der Waals surface area contributed by atoms with Crippen molar-refractivity contribution >= 4 is 17.2 Å². The number of aromatic carboxylic acids is 1. The highest BCUT2D eigenvalue weighted by Gasteiger charge is 2.50. The van der Waals surface area contributed by atoms with Gasteiger partial charge in [-0.15, -0.1) is 0 Å². The molecule has 7 nitrogen and oxygen atoms in total. The van der Waals surface area contributed by atoms with E-state index in [-0.39, 0.29) is 23.0 Å². The fourth-order valence-corrected chi connectivity index (χ4v) is 5.17. The van der Waals surface area contributed by atoms with Crippen LogP contribution in [0.2, 0.25) is 0 Å². The normalized spacial score (nSPS) is 26.3. The summed E-state index contributed by atoms with van der Waals surface area (Å²) in [6.45, 7) is 4.13. The molecule has 3 fully saturated rings. The van der Waals surface area contributed by atoms with Gasteiger partial charge in [-0.3, -0.25) is 9.20 Å². The zero-order valence-electron chi connectivity index (χ0n) is 16.3. The number of carboxylic acid groups (broad SMARTS) is 1. The number of anilines is 1. The van der Waals surface area contributed by atoms with Crippen molar-refractivity contribution in [3.05, 3.63) is 45.1 Å². The molecule has 0 amide bonds. The molecule has 3 aliphatic rings. The smallest absolute Gasteiger partial charge is 0.341 e. The predicted molar refractivity (Wildman–Crippen MR) is 105 cm³/mol. The minimum Gasteiger partial charge on any atom is -0.477 e. The fourth-order valence-electron chi connectivity index (χ4n) is 5.17. The summed E-state index contributed by atoms with van der Waals surface area (Å²) in [5, 5.41) is 9.42. The van der Waals surface area contributed by atoms with E-state index in [2.05, 4.69) is 0 Å². The number of halogens is 1. The number of hydrogen-bond donors (Lipinski definition) is 2. The lowest BCUT2D eigenvalue weighted by Gasteiger charge is -2.27. The first kappa shape index (κ1) is 18.6. The zero-order chi connectivity index (χ0) is 20.5. The highest BCUT2D eigenvalue weighted by atomic mass is 19.1. The van der Waals surface area contributed by atoms with Crippen molar-refractivity contribution in [2.45, 2.75) is 38.2 Å². The molecular formula is C21H24FN3O4. The minimum atomic E-state index is -1.29. The van der Waals surface area contributed by atoms with E-state index in [0.717, 1.165) is 31.0 Å². The van der Waals surface area contributed by atoms with E-state index in [4.69, 9.17) is 10.5 Å². The van der Waals surface area contributed by atoms with Gasteiger partial charge in [0.05, 0.1) is 23.5 Å². The molecule has 1 aliphatic carbocycles. The molecule has 2 saturated heterocycles. The summed E-state index contributed by atoms with van der Waals surface area (Å²) < 4.78 is 22.3. The summed E-state index contributed by atoms with van der Waals surface area (Å²) in [4.78, 5) is 26.2. The van der Waals surface area contributed by atoms with Crippen molar-refractivity contribution in [2.75, 3.05) is 31.1 Å². The van der Waals surface area contributed by atoms with Gasteiger partial charge in [0.1, 0.15) is 5.56 Å². The Morgan fingerprint density at radius 3 is 2.83 bits per heavy atom. The van der Waals surface area contributed by atoms with Gasteiger partial charge in [0, 0.05) is 31.7 Å². The van der Waals surface area contributed by atoms with Gasteiger partial charge in [0.25, 0.3) is 5.56 Å². The Labute approximate surface area is 166 Å². The van der Waals surface area contributed by atoms with Crippen LogP contribution in [0.4, 0.5) is 10.1 Å². The van der Waals surface area contributed by atoms with E-state index >= 15 is 4.39 Å². The van der Waals surface area contributed by atoms with Crippen LogP contribution in [0.25, 0.3) is 5.52 Å². The topological polar surface area (TPSA) is 97.3 Å². The molecule has 0 unspecified atom stereocenters. The molecule has 2 aromatic rings. The van der Waals surface area contributed by atoms with E-state index in [1.54, 1.807) is 0 Å². The SMILES string of the molecule is Cc1c(N2C[C@@H]3OCC[C@]3(CN)C2)c(F)cn2c(=O)c(C(=O)O)cc(C3CC3)c12. The van der Waals surface area contributed by atoms with Crippen LogP contribution in [-0.2, 0) is 4.74 Å². The van der Waals surface area contributed by atoms with E-state index in [0.29, 0.717) is 43.0 Å². The van der Waals surface area contributed by atoms with E-state index in [1.165, 1.54) is 10.5 Å². The standard InChI is InChI=1S/C21H24FN3O4/c1-11-17-13(12-2-3-12)6-14(20(27)28)19(26)25(17)7-15(22)18(11)24-8-16-21(9-23,10-24)4-5-29-16/h6-7,12,16H,2-5,8-10,23H2,1H3,(H,27,28)/t16-,21-/m0/s1. The van der Waals surface area contributed by atoms with E-state index in [9.17, 15) is 14.7 Å². The number of carbonyl (C=O) groups is 1. The molecule has 0 aromatic carbocycles. The highest BCUT2D eigenvalue weighted by Crippen LogP contribution is 2.46. The van der Waals surface area contributed by atoms with Crippen LogP contribution < -0.4 is 16.2 Å². The number of carboxylic acids is 1. The number of aryl methyl sites for hydroxylation is 1. The molecule has 2 atom stereocenters. The Balaban J connectivity index is 1.71. The third kappa shape index (κ3) is 2.62. The molecule has 5 rings (SSSR count). The average Bonchev–Trinajstić information content (AvgIpc) is 3.34. The van der Waals surface area contributed by atoms with Crippen molar-refractivity contribution in [3.8, 4) is 0 Å². The molecule has 4 heterocycles. The van der Waals surface area contributed by atoms with E-state index < -0.39 is 17.3 Å². The maximum absolute atomic E-state index is 15.3. The van der Waals surface area contributed by atoms with Gasteiger partial charge in [0.2, 0.25) is 0 Å². The van der Waals surface area contributed by atoms with Crippen molar-refractivity contribution in [3.63, 3.8) is 0 Å². The number of nitrogens with two attached hydrogens (primary N) is 1. The molecule has 0 radical (unpaired) electrons. The molecule has 3 N–H and O–H groups in total. The van der Waals surface area contributed by atoms with Crippen LogP contribution in [0.5, 0.6) is 0 Å². The number of fused-ring (bicyclic) bond motifs is 2. The zero-order valence-corrected chi connectivity index (χ0v) is 16.3. The molecule has 8 heteroatoms. The number of aromatic nitrogens is 1. The summed E-state index contributed by atoms with van der Waals surface area (Å²) in [5.41, 5.74) is 7.41. The summed E-state index contributed by atoms with van der Waals surface area (Å²) in [6.07, 6.45) is 3.85. The van der Waals surface area contributed by atoms with Gasteiger partial charge < -0.3 is 20.5 Å². The molecule has 2 aliphatic heterocycles. The van der Waals surface area contributed by atoms with Crippen LogP contribution in [0.15, 0.2) is 17.1 Å². The van der Waals surface area contributed by atoms with Crippen LogP contribution in [0.1, 0.15) is 46.7 Å². The quantitative estimate of drug-likeness (QED) is 0.812. The van der Waals surface area contributed by atoms with E-state index in [1.807, 2.05) is 11.8 Å². The number of rotatable bonds is 4. The number of pyridine rings is 2. The largest absolute Gasteiger partial charge is 0.477 e. The summed E-state index contributed by atoms with van der Waals surface area (Å²) in [7, 11) is 0. The maximum Gasteiger partial charge on any atom is 0.341 e. The van der Waals surface area contributed by atoms with Gasteiger partial charge in [0.15, 0.2) is 5.82 Å². The molecule has 29 heavy (non-hydrogen) atoms. The molecule has 2 aromatic heterocycles. The first-order chi connectivity index (χ1) is 13.9. The molecule has 0 bridgehead atoms. The number of hydrogen-bond acceptors (Lipinski definition) is 5. The van der Waals surface area contributed by atoms with Crippen molar-refractivity contribution < 1.29 is 19.0 Å². The molecule has 0 spiro atoms. The molecular weight excluding hydrogens is 377 g/mol. The summed E-state index contributed by atoms with van der Waals surface area (Å²) >= 11 is 0. The van der Waals surface area contributed by atoms with Crippen molar-refractivity contribution in [1.29, 1.82) is 0 Å². The third-order valence-corrected chi connectivity index (χ3v) is 6.91. The van der Waals surface area contributed by atoms with Gasteiger partial charge in [-0.05, 0) is 49.3 Å². The van der Waals surface area contributed by atoms with Crippen LogP contribution in [0.3, 0.4) is 0 Å². The maximum atomic E-state index is 15.3. The predicted octanol–water partition coefficient (Wildman–Crippen LogP) is 1.88. The van der Waals surface area contributed by atoms with Crippen LogP contribution in [-0.4, -0.2) is 47.8 Å². The lowest BCUT2D eigenvalue weighted by Crippen LogP contribution is -2.37. The summed E-state index contributed by atoms with van der Waals surface area (Å²) in [6, 6.07) is 1.48. The van der Waals surface area contributed by atoms with Gasteiger partial charge in [-0.1, -0.05) is 0 Å². The molecule has 1 saturated carbocycles. The Morgan fingerprint density at radius 2 is 2.21 bits per heavy atom. The molecule has 154 valence electrons. The monoisotopic (exact) mass is 401 g/mol. The Bertz CT molecular complexity index is 1090. The first-order valence-electron chi connectivity index (χ1n) is 10.0. The van der Waals surface area contributed by atoms with Gasteiger partial charge in [-0.2, -0.15) is 0 Å². The Kier molecular flexibility index (Phi) is 4.02. The van der Waals surface area contributed by atoms with Gasteiger partial charge in [-0.25, -0.2) is 9.18 Å². The Hall–Kier alpha value is -2.45. The van der Waals surface area contributed by atoms with Crippen LogP contribution >= 0.6 is 0 Å². The van der Waals surface area contributed by atoms with Crippen LogP contribution in [0, 0.1) is 18.2 Å². The lowest BCUT2D eigenvalue weighted by molar-refractivity contribution is 0.0694. The van der Waals surface area contributed by atoms with Gasteiger partial charge >= 0.3 is 5.97 Å². The lowest BCUT2D eigenvalue weighted by atomic mass is 9.84. The third-order valence-electron chi connectivity index (χ3n) is 6.91. The average molecular weight is 401 g/mol. The number of ether oxygens (including phenoxy) is 1. The van der Waals surface area contributed by atoms with Crippen molar-refractivity contribution in [1.82, 2.24) is 4.40 Å². The fraction of sp³-hybridized carbons (Fsp3) is 0.524. The second kappa shape index (κ2) is 6.27. The highest BCUT2D eigenvalue weighted by molar-refractivity contribution is 5.89. The summed E-state index contributed by atoms with van der Waals surface area (Å²) in [5.74, 6) is -1.62. The first-order valence-corrected chi connectivity index (χ1v) is 10.0. The Morgan fingerprint density at radius 1 is 1.45 bits per heavy atom. The second-order valence-corrected chi connectivity index (χ2v) is 8.62.